The largest absolute Gasteiger partial charge is 0.312 e. The molecule has 0 fully saturated rings. The quantitative estimate of drug-likeness (QED) is 0.803. The zero-order valence-electron chi connectivity index (χ0n) is 12.6. The third-order valence-electron chi connectivity index (χ3n) is 2.86. The van der Waals surface area contributed by atoms with Crippen LogP contribution in [0.3, 0.4) is 0 Å². The van der Waals surface area contributed by atoms with E-state index in [0.29, 0.717) is 5.92 Å². The molecule has 0 aliphatic heterocycles. The molecule has 0 saturated heterocycles. The Morgan fingerprint density at radius 1 is 1.24 bits per heavy atom. The Bertz CT molecular complexity index is 585. The molecule has 0 atom stereocenters. The van der Waals surface area contributed by atoms with E-state index in [9.17, 15) is 0 Å². The summed E-state index contributed by atoms with van der Waals surface area (Å²) < 4.78 is 0. The molecule has 0 amide bonds. The zero-order chi connectivity index (χ0) is 15.2. The SMILES string of the molecule is Cc1cnc(Sc2cc(Cl)ccc2CNCC(C)C)nc1. The number of rotatable bonds is 6. The van der Waals surface area contributed by atoms with Crippen LogP contribution in [0.5, 0.6) is 0 Å². The van der Waals surface area contributed by atoms with Crippen molar-refractivity contribution in [2.45, 2.75) is 37.4 Å². The summed E-state index contributed by atoms with van der Waals surface area (Å²) in [4.78, 5) is 9.78. The molecule has 0 aliphatic rings. The monoisotopic (exact) mass is 321 g/mol. The Balaban J connectivity index is 2.12. The number of aromatic nitrogens is 2. The summed E-state index contributed by atoms with van der Waals surface area (Å²) in [6.07, 6.45) is 3.66. The van der Waals surface area contributed by atoms with Gasteiger partial charge in [0.2, 0.25) is 0 Å². The van der Waals surface area contributed by atoms with Crippen LogP contribution in [0.25, 0.3) is 0 Å². The first kappa shape index (κ1) is 16.3. The van der Waals surface area contributed by atoms with Gasteiger partial charge in [0.05, 0.1) is 0 Å². The van der Waals surface area contributed by atoms with Crippen LogP contribution in [0.15, 0.2) is 40.6 Å². The minimum atomic E-state index is 0.633. The highest BCUT2D eigenvalue weighted by atomic mass is 35.5. The van der Waals surface area contributed by atoms with Crippen molar-refractivity contribution >= 4 is 23.4 Å². The lowest BCUT2D eigenvalue weighted by molar-refractivity contribution is 0.550. The molecule has 1 aromatic carbocycles. The summed E-state index contributed by atoms with van der Waals surface area (Å²) in [5, 5.41) is 4.94. The van der Waals surface area contributed by atoms with Gasteiger partial charge in [-0.3, -0.25) is 0 Å². The lowest BCUT2D eigenvalue weighted by Gasteiger charge is -2.11. The van der Waals surface area contributed by atoms with Gasteiger partial charge >= 0.3 is 0 Å². The maximum atomic E-state index is 6.12. The Labute approximate surface area is 135 Å². The van der Waals surface area contributed by atoms with Gasteiger partial charge in [0.15, 0.2) is 5.16 Å². The molecule has 0 bridgehead atoms. The molecular weight excluding hydrogens is 302 g/mol. The number of nitrogens with zero attached hydrogens (tertiary/aromatic N) is 2. The van der Waals surface area contributed by atoms with Gasteiger partial charge in [-0.2, -0.15) is 0 Å². The molecule has 1 heterocycles. The minimum Gasteiger partial charge on any atom is -0.312 e. The second kappa shape index (κ2) is 7.78. The molecule has 112 valence electrons. The van der Waals surface area contributed by atoms with Crippen LogP contribution >= 0.6 is 23.4 Å². The van der Waals surface area contributed by atoms with Gasteiger partial charge in [0.1, 0.15) is 0 Å². The lowest BCUT2D eigenvalue weighted by atomic mass is 10.2. The summed E-state index contributed by atoms with van der Waals surface area (Å²) >= 11 is 7.67. The number of hydrogen-bond donors (Lipinski definition) is 1. The maximum absolute atomic E-state index is 6.12. The Morgan fingerprint density at radius 2 is 1.95 bits per heavy atom. The average molecular weight is 322 g/mol. The molecule has 0 unspecified atom stereocenters. The van der Waals surface area contributed by atoms with E-state index >= 15 is 0 Å². The van der Waals surface area contributed by atoms with Crippen LogP contribution in [-0.4, -0.2) is 16.5 Å². The standard InChI is InChI=1S/C16H20ClN3S/c1-11(2)7-18-10-13-4-5-14(17)6-15(13)21-16-19-8-12(3)9-20-16/h4-6,8-9,11,18H,7,10H2,1-3H3. The minimum absolute atomic E-state index is 0.633. The number of hydrogen-bond acceptors (Lipinski definition) is 4. The zero-order valence-corrected chi connectivity index (χ0v) is 14.1. The van der Waals surface area contributed by atoms with Crippen molar-refractivity contribution in [3.8, 4) is 0 Å². The van der Waals surface area contributed by atoms with Crippen LogP contribution in [0.1, 0.15) is 25.0 Å². The molecular formula is C16H20ClN3S. The summed E-state index contributed by atoms with van der Waals surface area (Å²) in [6.45, 7) is 8.20. The number of halogens is 1. The third kappa shape index (κ3) is 5.30. The van der Waals surface area contributed by atoms with Gasteiger partial charge in [-0.25, -0.2) is 9.97 Å². The molecule has 0 saturated carbocycles. The van der Waals surface area contributed by atoms with Gasteiger partial charge in [0, 0.05) is 28.9 Å². The van der Waals surface area contributed by atoms with E-state index in [-0.39, 0.29) is 0 Å². The molecule has 1 N–H and O–H groups in total. The molecule has 0 spiro atoms. The predicted octanol–water partition coefficient (Wildman–Crippen LogP) is 4.34. The van der Waals surface area contributed by atoms with Crippen molar-refractivity contribution in [1.29, 1.82) is 0 Å². The molecule has 21 heavy (non-hydrogen) atoms. The first-order valence-electron chi connectivity index (χ1n) is 7.00. The van der Waals surface area contributed by atoms with Gasteiger partial charge in [-0.05, 0) is 54.4 Å². The van der Waals surface area contributed by atoms with Crippen LogP contribution in [0.4, 0.5) is 0 Å². The molecule has 2 aromatic rings. The van der Waals surface area contributed by atoms with E-state index in [2.05, 4.69) is 35.2 Å². The summed E-state index contributed by atoms with van der Waals surface area (Å²) in [7, 11) is 0. The number of nitrogens with one attached hydrogen (secondary N) is 1. The lowest BCUT2D eigenvalue weighted by Crippen LogP contribution is -2.19. The highest BCUT2D eigenvalue weighted by molar-refractivity contribution is 7.99. The van der Waals surface area contributed by atoms with E-state index in [1.54, 1.807) is 11.8 Å². The molecule has 2 rings (SSSR count). The van der Waals surface area contributed by atoms with E-state index in [1.165, 1.54) is 5.56 Å². The van der Waals surface area contributed by atoms with Crippen LogP contribution in [0, 0.1) is 12.8 Å². The van der Waals surface area contributed by atoms with E-state index in [1.807, 2.05) is 31.5 Å². The summed E-state index contributed by atoms with van der Waals surface area (Å²) in [5.74, 6) is 0.633. The van der Waals surface area contributed by atoms with Crippen LogP contribution in [0.2, 0.25) is 5.02 Å². The normalized spacial score (nSPS) is 11.1. The van der Waals surface area contributed by atoms with Gasteiger partial charge in [0.25, 0.3) is 0 Å². The van der Waals surface area contributed by atoms with Crippen molar-refractivity contribution in [2.75, 3.05) is 6.54 Å². The Morgan fingerprint density at radius 3 is 2.62 bits per heavy atom. The summed E-state index contributed by atoms with van der Waals surface area (Å²) in [5.41, 5.74) is 2.28. The van der Waals surface area contributed by atoms with Gasteiger partial charge in [-0.15, -0.1) is 0 Å². The fraction of sp³-hybridized carbons (Fsp3) is 0.375. The van der Waals surface area contributed by atoms with Gasteiger partial charge in [-0.1, -0.05) is 31.5 Å². The topological polar surface area (TPSA) is 37.8 Å². The smallest absolute Gasteiger partial charge is 0.192 e. The van der Waals surface area contributed by atoms with Crippen molar-refractivity contribution in [3.63, 3.8) is 0 Å². The van der Waals surface area contributed by atoms with Crippen molar-refractivity contribution in [2.24, 2.45) is 5.92 Å². The number of aryl methyl sites for hydroxylation is 1. The van der Waals surface area contributed by atoms with Crippen molar-refractivity contribution < 1.29 is 0 Å². The molecule has 1 aromatic heterocycles. The molecule has 5 heteroatoms. The first-order valence-corrected chi connectivity index (χ1v) is 8.19. The van der Waals surface area contributed by atoms with Crippen molar-refractivity contribution in [1.82, 2.24) is 15.3 Å². The fourth-order valence-corrected chi connectivity index (χ4v) is 2.90. The van der Waals surface area contributed by atoms with E-state index in [4.69, 9.17) is 11.6 Å². The maximum Gasteiger partial charge on any atom is 0.192 e. The van der Waals surface area contributed by atoms with Gasteiger partial charge < -0.3 is 5.32 Å². The van der Waals surface area contributed by atoms with Crippen LogP contribution in [-0.2, 0) is 6.54 Å². The first-order chi connectivity index (χ1) is 10.0. The van der Waals surface area contributed by atoms with E-state index in [0.717, 1.165) is 33.7 Å². The molecule has 0 radical (unpaired) electrons. The second-order valence-corrected chi connectivity index (χ2v) is 6.87. The Hall–Kier alpha value is -1.10. The highest BCUT2D eigenvalue weighted by Crippen LogP contribution is 2.30. The van der Waals surface area contributed by atoms with Crippen molar-refractivity contribution in [3.05, 3.63) is 46.7 Å². The fourth-order valence-electron chi connectivity index (χ4n) is 1.80. The van der Waals surface area contributed by atoms with E-state index < -0.39 is 0 Å². The summed E-state index contributed by atoms with van der Waals surface area (Å²) in [6, 6.07) is 5.96. The average Bonchev–Trinajstić information content (AvgIpc) is 2.43. The molecule has 3 nitrogen and oxygen atoms in total. The van der Waals surface area contributed by atoms with Crippen LogP contribution < -0.4 is 5.32 Å². The predicted molar refractivity (Wildman–Crippen MR) is 88.9 cm³/mol. The number of benzene rings is 1. The second-order valence-electron chi connectivity index (χ2n) is 5.42. The third-order valence-corrected chi connectivity index (χ3v) is 4.08. The Kier molecular flexibility index (Phi) is 6.03. The highest BCUT2D eigenvalue weighted by Gasteiger charge is 2.08. The molecule has 0 aliphatic carbocycles.